The van der Waals surface area contributed by atoms with E-state index in [0.29, 0.717) is 48.3 Å². The van der Waals surface area contributed by atoms with Gasteiger partial charge in [-0.15, -0.1) is 17.0 Å². The smallest absolute Gasteiger partial charge is 0.341 e. The number of carbonyl (C=O) groups excluding carboxylic acids is 1. The van der Waals surface area contributed by atoms with Crippen molar-refractivity contribution in [1.82, 2.24) is 9.88 Å². The van der Waals surface area contributed by atoms with Gasteiger partial charge in [-0.2, -0.15) is 0 Å². The molecule has 0 bridgehead atoms. The Bertz CT molecular complexity index is 1300. The Morgan fingerprint density at radius 1 is 1.18 bits per heavy atom. The Morgan fingerprint density at radius 2 is 1.93 bits per heavy atom. The summed E-state index contributed by atoms with van der Waals surface area (Å²) in [5.74, 6) is 0.129. The van der Waals surface area contributed by atoms with E-state index in [1.807, 2.05) is 45.9 Å². The van der Waals surface area contributed by atoms with E-state index in [1.54, 1.807) is 4.90 Å². The molecule has 40 heavy (non-hydrogen) atoms. The number of hydrogen-bond acceptors (Lipinski definition) is 7. The number of amidine groups is 1. The second kappa shape index (κ2) is 11.9. The van der Waals surface area contributed by atoms with Crippen LogP contribution in [0.2, 0.25) is 0 Å². The summed E-state index contributed by atoms with van der Waals surface area (Å²) in [5, 5.41) is 18.1. The van der Waals surface area contributed by atoms with Crippen LogP contribution in [0.1, 0.15) is 85.7 Å². The molecular formula is C30H39BrN4O5. The number of hydrogen-bond donors (Lipinski definition) is 2. The summed E-state index contributed by atoms with van der Waals surface area (Å²) < 4.78 is 11.7. The standard InChI is InChI=1S/C30H38N4O5.BrH/c1-5-38-21-10-11-33(15-21)24-13-20(12-22(30(2,3)4)28(24)39-17-26(36)37)25(35)16-34-14-19-8-9-23(18-6-7-18)32-27(19)29(34)31;/h8-9,12-13,18,21,31H,5-7,10-11,14-17H2,1-4H3,(H,36,37);1H. The van der Waals surface area contributed by atoms with Gasteiger partial charge in [-0.3, -0.25) is 10.2 Å². The first-order valence-electron chi connectivity index (χ1n) is 13.8. The SMILES string of the molecule is Br.CCOC1CCN(c2cc(C(=O)CN3Cc4ccc(C5CC5)nc4C3=N)cc(C(C)(C)C)c2OCC(=O)O)C1. The Labute approximate surface area is 246 Å². The number of carboxylic acids is 1. The molecule has 0 radical (unpaired) electrons. The fourth-order valence-electron chi connectivity index (χ4n) is 5.45. The molecule has 1 unspecified atom stereocenters. The normalized spacial score (nSPS) is 18.5. The maximum Gasteiger partial charge on any atom is 0.341 e. The molecule has 2 fully saturated rings. The second-order valence-electron chi connectivity index (χ2n) is 11.8. The Morgan fingerprint density at radius 3 is 2.58 bits per heavy atom. The molecule has 1 aromatic heterocycles. The minimum atomic E-state index is -1.06. The van der Waals surface area contributed by atoms with Crippen LogP contribution in [0.5, 0.6) is 5.75 Å². The lowest BCUT2D eigenvalue weighted by Crippen LogP contribution is -2.31. The van der Waals surface area contributed by atoms with Crippen LogP contribution in [0.25, 0.3) is 0 Å². The largest absolute Gasteiger partial charge is 0.479 e. The minimum absolute atomic E-state index is 0. The summed E-state index contributed by atoms with van der Waals surface area (Å²) in [6.45, 7) is 10.1. The first kappa shape index (κ1) is 30.0. The lowest BCUT2D eigenvalue weighted by Gasteiger charge is -2.29. The third kappa shape index (κ3) is 6.33. The molecule has 9 nitrogen and oxygen atoms in total. The first-order chi connectivity index (χ1) is 18.5. The summed E-state index contributed by atoms with van der Waals surface area (Å²) in [4.78, 5) is 33.8. The molecule has 2 aromatic rings. The lowest BCUT2D eigenvalue weighted by atomic mass is 9.84. The van der Waals surface area contributed by atoms with Gasteiger partial charge in [0.2, 0.25) is 0 Å². The van der Waals surface area contributed by atoms with Crippen molar-refractivity contribution < 1.29 is 24.2 Å². The molecular weight excluding hydrogens is 576 g/mol. The highest BCUT2D eigenvalue weighted by atomic mass is 79.9. The molecule has 1 atom stereocenters. The second-order valence-corrected chi connectivity index (χ2v) is 11.8. The number of aliphatic carboxylic acids is 1. The third-order valence-corrected chi connectivity index (χ3v) is 7.66. The summed E-state index contributed by atoms with van der Waals surface area (Å²) >= 11 is 0. The van der Waals surface area contributed by atoms with Gasteiger partial charge < -0.3 is 24.4 Å². The number of benzene rings is 1. The van der Waals surface area contributed by atoms with E-state index in [4.69, 9.17) is 19.9 Å². The number of anilines is 1. The quantitative estimate of drug-likeness (QED) is 0.362. The Kier molecular flexibility index (Phi) is 8.89. The number of ketones is 1. The average Bonchev–Trinajstić information content (AvgIpc) is 3.56. The Hall–Kier alpha value is -2.98. The summed E-state index contributed by atoms with van der Waals surface area (Å²) in [6, 6.07) is 7.74. The number of carboxylic acid groups (broad SMARTS) is 1. The van der Waals surface area contributed by atoms with Gasteiger partial charge in [-0.1, -0.05) is 26.8 Å². The number of carbonyl (C=O) groups is 2. The van der Waals surface area contributed by atoms with Crippen LogP contribution >= 0.6 is 17.0 Å². The van der Waals surface area contributed by atoms with Gasteiger partial charge >= 0.3 is 5.97 Å². The van der Waals surface area contributed by atoms with E-state index in [9.17, 15) is 14.7 Å². The van der Waals surface area contributed by atoms with Crippen molar-refractivity contribution >= 4 is 40.3 Å². The van der Waals surface area contributed by atoms with E-state index in [2.05, 4.69) is 11.0 Å². The summed E-state index contributed by atoms with van der Waals surface area (Å²) in [7, 11) is 0. The third-order valence-electron chi connectivity index (χ3n) is 7.66. The van der Waals surface area contributed by atoms with Gasteiger partial charge in [0.25, 0.3) is 0 Å². The number of aromatic nitrogens is 1. The highest BCUT2D eigenvalue weighted by molar-refractivity contribution is 8.93. The van der Waals surface area contributed by atoms with Crippen molar-refractivity contribution in [3.05, 3.63) is 52.3 Å². The molecule has 2 aliphatic heterocycles. The monoisotopic (exact) mass is 614 g/mol. The maximum atomic E-state index is 13.7. The molecule has 0 spiro atoms. The molecule has 5 rings (SSSR count). The fourth-order valence-corrected chi connectivity index (χ4v) is 5.45. The summed E-state index contributed by atoms with van der Waals surface area (Å²) in [5.41, 5.74) is 4.30. The number of nitrogens with one attached hydrogen (secondary N) is 1. The van der Waals surface area contributed by atoms with Gasteiger partial charge in [0.15, 0.2) is 12.4 Å². The molecule has 1 saturated heterocycles. The molecule has 2 N–H and O–H groups in total. The van der Waals surface area contributed by atoms with Gasteiger partial charge in [-0.25, -0.2) is 9.78 Å². The number of Topliss-reactive ketones (excluding diaryl/α,β-unsaturated/α-hetero) is 1. The van der Waals surface area contributed by atoms with Crippen LogP contribution in [0, 0.1) is 5.41 Å². The molecule has 10 heteroatoms. The van der Waals surface area contributed by atoms with E-state index in [1.165, 1.54) is 0 Å². The van der Waals surface area contributed by atoms with Crippen molar-refractivity contribution in [1.29, 1.82) is 5.41 Å². The number of rotatable bonds is 10. The van der Waals surface area contributed by atoms with Crippen LogP contribution in [0.4, 0.5) is 5.69 Å². The predicted molar refractivity (Wildman–Crippen MR) is 159 cm³/mol. The molecule has 3 aliphatic rings. The number of pyridine rings is 1. The van der Waals surface area contributed by atoms with Crippen molar-refractivity contribution in [2.45, 2.75) is 70.9 Å². The van der Waals surface area contributed by atoms with E-state index >= 15 is 0 Å². The van der Waals surface area contributed by atoms with Crippen LogP contribution in [0.15, 0.2) is 24.3 Å². The van der Waals surface area contributed by atoms with Crippen molar-refractivity contribution in [3.63, 3.8) is 0 Å². The number of halogens is 1. The zero-order valence-electron chi connectivity index (χ0n) is 23.7. The average molecular weight is 616 g/mol. The van der Waals surface area contributed by atoms with E-state index in [0.717, 1.165) is 42.6 Å². The molecule has 3 heterocycles. The Balaban J connectivity index is 0.00000370. The zero-order valence-corrected chi connectivity index (χ0v) is 25.4. The number of ether oxygens (including phenoxy) is 2. The van der Waals surface area contributed by atoms with E-state index < -0.39 is 18.0 Å². The van der Waals surface area contributed by atoms with Crippen molar-refractivity contribution in [3.8, 4) is 5.75 Å². The van der Waals surface area contributed by atoms with Gasteiger partial charge in [0.05, 0.1) is 18.3 Å². The lowest BCUT2D eigenvalue weighted by molar-refractivity contribution is -0.139. The predicted octanol–water partition coefficient (Wildman–Crippen LogP) is 4.94. The number of nitrogens with zero attached hydrogens (tertiary/aromatic N) is 3. The van der Waals surface area contributed by atoms with Crippen molar-refractivity contribution in [2.75, 3.05) is 37.7 Å². The van der Waals surface area contributed by atoms with Gasteiger partial charge in [0, 0.05) is 54.5 Å². The highest BCUT2D eigenvalue weighted by Gasteiger charge is 2.34. The van der Waals surface area contributed by atoms with Crippen molar-refractivity contribution in [2.24, 2.45) is 0 Å². The van der Waals surface area contributed by atoms with Gasteiger partial charge in [0.1, 0.15) is 17.3 Å². The van der Waals surface area contributed by atoms with E-state index in [-0.39, 0.29) is 41.2 Å². The van der Waals surface area contributed by atoms with Gasteiger partial charge in [-0.05, 0) is 49.8 Å². The molecule has 0 amide bonds. The van der Waals surface area contributed by atoms with Crippen LogP contribution in [0.3, 0.4) is 0 Å². The molecule has 216 valence electrons. The highest BCUT2D eigenvalue weighted by Crippen LogP contribution is 2.42. The fraction of sp³-hybridized carbons (Fsp3) is 0.533. The zero-order chi connectivity index (χ0) is 27.9. The first-order valence-corrected chi connectivity index (χ1v) is 13.8. The van der Waals surface area contributed by atoms with Crippen LogP contribution < -0.4 is 9.64 Å². The number of fused-ring (bicyclic) bond motifs is 1. The molecule has 1 saturated carbocycles. The van der Waals surface area contributed by atoms with Crippen LogP contribution in [-0.2, 0) is 21.5 Å². The molecule has 1 aromatic carbocycles. The topological polar surface area (TPSA) is 116 Å². The summed E-state index contributed by atoms with van der Waals surface area (Å²) in [6.07, 6.45) is 3.20. The molecule has 1 aliphatic carbocycles. The van der Waals surface area contributed by atoms with Crippen LogP contribution in [-0.4, -0.2) is 71.5 Å². The minimum Gasteiger partial charge on any atom is -0.479 e. The maximum absolute atomic E-state index is 13.7.